The molecule has 0 spiro atoms. The molecule has 0 fully saturated rings. The number of aliphatic carboxylic acids is 1. The van der Waals surface area contributed by atoms with Crippen LogP contribution in [0.15, 0.2) is 22.7 Å². The Morgan fingerprint density at radius 3 is 2.82 bits per heavy atom. The number of carboxylic acids is 1. The van der Waals surface area contributed by atoms with Gasteiger partial charge in [0, 0.05) is 5.69 Å². The third-order valence-corrected chi connectivity index (χ3v) is 3.01. The average Bonchev–Trinajstić information content (AvgIpc) is 2.28. The molecule has 0 saturated carbocycles. The van der Waals surface area contributed by atoms with Crippen molar-refractivity contribution in [3.63, 3.8) is 0 Å². The van der Waals surface area contributed by atoms with Gasteiger partial charge in [-0.25, -0.2) is 9.18 Å². The van der Waals surface area contributed by atoms with Gasteiger partial charge in [0.1, 0.15) is 11.9 Å². The molecule has 2 N–H and O–H groups in total. The van der Waals surface area contributed by atoms with Gasteiger partial charge in [-0.2, -0.15) is 0 Å². The quantitative estimate of drug-likeness (QED) is 0.843. The van der Waals surface area contributed by atoms with Crippen LogP contribution in [-0.2, 0) is 4.79 Å². The minimum Gasteiger partial charge on any atom is -0.480 e. The van der Waals surface area contributed by atoms with Crippen LogP contribution in [-0.4, -0.2) is 17.1 Å². The van der Waals surface area contributed by atoms with Crippen LogP contribution in [0, 0.1) is 5.82 Å². The van der Waals surface area contributed by atoms with Crippen molar-refractivity contribution in [2.45, 2.75) is 32.2 Å². The minimum atomic E-state index is -0.890. The number of nitrogens with one attached hydrogen (secondary N) is 1. The van der Waals surface area contributed by atoms with Gasteiger partial charge in [-0.15, -0.1) is 0 Å². The first-order valence-electron chi connectivity index (χ1n) is 5.49. The zero-order valence-corrected chi connectivity index (χ0v) is 11.1. The van der Waals surface area contributed by atoms with Crippen molar-refractivity contribution >= 4 is 27.6 Å². The lowest BCUT2D eigenvalue weighted by molar-refractivity contribution is -0.138. The summed E-state index contributed by atoms with van der Waals surface area (Å²) in [5.74, 6) is -1.25. The topological polar surface area (TPSA) is 49.3 Å². The van der Waals surface area contributed by atoms with E-state index in [1.54, 1.807) is 0 Å². The summed E-state index contributed by atoms with van der Waals surface area (Å²) in [5.41, 5.74) is 0.599. The van der Waals surface area contributed by atoms with Gasteiger partial charge in [-0.1, -0.05) is 19.8 Å². The summed E-state index contributed by atoms with van der Waals surface area (Å²) in [6.07, 6.45) is 2.34. The molecular weight excluding hydrogens is 289 g/mol. The monoisotopic (exact) mass is 303 g/mol. The van der Waals surface area contributed by atoms with Gasteiger partial charge < -0.3 is 10.4 Å². The highest BCUT2D eigenvalue weighted by molar-refractivity contribution is 9.10. The first-order valence-corrected chi connectivity index (χ1v) is 6.28. The van der Waals surface area contributed by atoms with Gasteiger partial charge in [-0.3, -0.25) is 0 Å². The lowest BCUT2D eigenvalue weighted by Crippen LogP contribution is -2.29. The van der Waals surface area contributed by atoms with Crippen LogP contribution in [0.5, 0.6) is 0 Å². The number of unbranched alkanes of at least 4 members (excludes halogenated alkanes) is 1. The van der Waals surface area contributed by atoms with Gasteiger partial charge in [0.2, 0.25) is 0 Å². The summed E-state index contributed by atoms with van der Waals surface area (Å²) in [5, 5.41) is 11.9. The van der Waals surface area contributed by atoms with Gasteiger partial charge in [0.25, 0.3) is 0 Å². The molecule has 0 aromatic heterocycles. The molecule has 0 radical (unpaired) electrons. The summed E-state index contributed by atoms with van der Waals surface area (Å²) < 4.78 is 13.3. The highest BCUT2D eigenvalue weighted by Gasteiger charge is 2.16. The van der Waals surface area contributed by atoms with Crippen molar-refractivity contribution in [3.8, 4) is 0 Å². The fourth-order valence-corrected chi connectivity index (χ4v) is 1.83. The maximum atomic E-state index is 13.0. The smallest absolute Gasteiger partial charge is 0.326 e. The molecule has 1 aromatic carbocycles. The highest BCUT2D eigenvalue weighted by Crippen LogP contribution is 2.21. The first-order chi connectivity index (χ1) is 8.04. The number of halogens is 2. The SMILES string of the molecule is CCCCC(Nc1ccc(F)c(Br)c1)C(=O)O. The largest absolute Gasteiger partial charge is 0.480 e. The second-order valence-electron chi connectivity index (χ2n) is 3.81. The normalized spacial score (nSPS) is 12.2. The molecule has 3 nitrogen and oxygen atoms in total. The van der Waals surface area contributed by atoms with E-state index < -0.39 is 12.0 Å². The Hall–Kier alpha value is -1.10. The maximum Gasteiger partial charge on any atom is 0.326 e. The Morgan fingerprint density at radius 2 is 2.29 bits per heavy atom. The van der Waals surface area contributed by atoms with Crippen molar-refractivity contribution in [2.75, 3.05) is 5.32 Å². The van der Waals surface area contributed by atoms with E-state index >= 15 is 0 Å². The molecule has 94 valence electrons. The number of rotatable bonds is 6. The summed E-state index contributed by atoms with van der Waals surface area (Å²) in [7, 11) is 0. The number of hydrogen-bond acceptors (Lipinski definition) is 2. The number of carbonyl (C=O) groups is 1. The predicted octanol–water partition coefficient (Wildman–Crippen LogP) is 3.64. The van der Waals surface area contributed by atoms with Gasteiger partial charge in [0.05, 0.1) is 4.47 Å². The lowest BCUT2D eigenvalue weighted by Gasteiger charge is -2.15. The van der Waals surface area contributed by atoms with E-state index in [9.17, 15) is 9.18 Å². The molecule has 0 aliphatic heterocycles. The Bertz CT molecular complexity index is 398. The van der Waals surface area contributed by atoms with Crippen LogP contribution in [0.25, 0.3) is 0 Å². The molecule has 17 heavy (non-hydrogen) atoms. The van der Waals surface area contributed by atoms with Crippen LogP contribution in [0.4, 0.5) is 10.1 Å². The molecule has 1 atom stereocenters. The van der Waals surface area contributed by atoms with E-state index in [0.29, 0.717) is 16.6 Å². The van der Waals surface area contributed by atoms with Crippen molar-refractivity contribution < 1.29 is 14.3 Å². The predicted molar refractivity (Wildman–Crippen MR) is 68.7 cm³/mol. The van der Waals surface area contributed by atoms with Crippen LogP contribution in [0.2, 0.25) is 0 Å². The van der Waals surface area contributed by atoms with Crippen LogP contribution in [0.3, 0.4) is 0 Å². The maximum absolute atomic E-state index is 13.0. The molecule has 0 amide bonds. The molecule has 0 aliphatic carbocycles. The second kappa shape index (κ2) is 6.59. The molecule has 1 unspecified atom stereocenters. The molecular formula is C12H15BrFNO2. The van der Waals surface area contributed by atoms with Crippen molar-refractivity contribution in [3.05, 3.63) is 28.5 Å². The second-order valence-corrected chi connectivity index (χ2v) is 4.66. The van der Waals surface area contributed by atoms with Gasteiger partial charge >= 0.3 is 5.97 Å². The highest BCUT2D eigenvalue weighted by atomic mass is 79.9. The van der Waals surface area contributed by atoms with Gasteiger partial charge in [-0.05, 0) is 40.5 Å². The molecule has 1 rings (SSSR count). The fraction of sp³-hybridized carbons (Fsp3) is 0.417. The first kappa shape index (κ1) is 14.0. The molecule has 5 heteroatoms. The van der Waals surface area contributed by atoms with Crippen LogP contribution < -0.4 is 5.32 Å². The average molecular weight is 304 g/mol. The molecule has 1 aromatic rings. The molecule has 0 heterocycles. The third-order valence-electron chi connectivity index (χ3n) is 2.40. The van der Waals surface area contributed by atoms with Crippen molar-refractivity contribution in [2.24, 2.45) is 0 Å². The molecule has 0 bridgehead atoms. The van der Waals surface area contributed by atoms with E-state index in [0.717, 1.165) is 12.8 Å². The van der Waals surface area contributed by atoms with E-state index in [-0.39, 0.29) is 5.82 Å². The van der Waals surface area contributed by atoms with E-state index in [1.807, 2.05) is 6.92 Å². The zero-order chi connectivity index (χ0) is 12.8. The number of hydrogen-bond donors (Lipinski definition) is 2. The summed E-state index contributed by atoms with van der Waals surface area (Å²) in [6.45, 7) is 2.01. The molecule has 0 saturated heterocycles. The fourth-order valence-electron chi connectivity index (χ4n) is 1.45. The summed E-state index contributed by atoms with van der Waals surface area (Å²) in [4.78, 5) is 11.0. The van der Waals surface area contributed by atoms with E-state index in [1.165, 1.54) is 18.2 Å². The van der Waals surface area contributed by atoms with E-state index in [2.05, 4.69) is 21.2 Å². The third kappa shape index (κ3) is 4.34. The zero-order valence-electron chi connectivity index (χ0n) is 9.54. The minimum absolute atomic E-state index is 0.321. The van der Waals surface area contributed by atoms with Crippen LogP contribution in [0.1, 0.15) is 26.2 Å². The van der Waals surface area contributed by atoms with Gasteiger partial charge in [0.15, 0.2) is 0 Å². The number of carboxylic acid groups (broad SMARTS) is 1. The standard InChI is InChI=1S/C12H15BrFNO2/c1-2-3-4-11(12(16)17)15-8-5-6-10(14)9(13)7-8/h5-7,11,15H,2-4H2,1H3,(H,16,17). The Balaban J connectivity index is 2.71. The van der Waals surface area contributed by atoms with Crippen LogP contribution >= 0.6 is 15.9 Å². The van der Waals surface area contributed by atoms with Crippen molar-refractivity contribution in [1.82, 2.24) is 0 Å². The Morgan fingerprint density at radius 1 is 1.59 bits per heavy atom. The number of benzene rings is 1. The van der Waals surface area contributed by atoms with E-state index in [4.69, 9.17) is 5.11 Å². The summed E-state index contributed by atoms with van der Waals surface area (Å²) in [6, 6.07) is 3.73. The Labute approximate surface area is 108 Å². The Kier molecular flexibility index (Phi) is 5.41. The number of anilines is 1. The summed E-state index contributed by atoms with van der Waals surface area (Å²) >= 11 is 3.06. The van der Waals surface area contributed by atoms with Crippen molar-refractivity contribution in [1.29, 1.82) is 0 Å². The lowest BCUT2D eigenvalue weighted by atomic mass is 10.1. The molecule has 0 aliphatic rings.